The number of aromatic nitrogens is 1. The van der Waals surface area contributed by atoms with Gasteiger partial charge in [-0.2, -0.15) is 0 Å². The molecule has 0 aliphatic rings. The van der Waals surface area contributed by atoms with Crippen molar-refractivity contribution in [1.29, 1.82) is 0 Å². The van der Waals surface area contributed by atoms with Gasteiger partial charge in [0.2, 0.25) is 5.88 Å². The normalized spacial score (nSPS) is 11.2. The summed E-state index contributed by atoms with van der Waals surface area (Å²) in [6.07, 6.45) is 1.51. The third-order valence-corrected chi connectivity index (χ3v) is 3.63. The molecule has 0 radical (unpaired) electrons. The molecule has 1 N–H and O–H groups in total. The van der Waals surface area contributed by atoms with Crippen molar-refractivity contribution in [2.75, 3.05) is 18.5 Å². The van der Waals surface area contributed by atoms with E-state index in [2.05, 4.69) is 10.3 Å². The van der Waals surface area contributed by atoms with Gasteiger partial charge in [0.05, 0.1) is 17.8 Å². The predicted molar refractivity (Wildman–Crippen MR) is 99.3 cm³/mol. The molecule has 0 atom stereocenters. The first-order chi connectivity index (χ1) is 11.7. The highest BCUT2D eigenvalue weighted by atomic mass is 16.5. The number of aryl methyl sites for hydroxylation is 2. The van der Waals surface area contributed by atoms with Crippen LogP contribution in [-0.4, -0.2) is 29.7 Å². The molecule has 0 fully saturated rings. The van der Waals surface area contributed by atoms with Gasteiger partial charge >= 0.3 is 0 Å². The summed E-state index contributed by atoms with van der Waals surface area (Å²) in [5, 5.41) is 2.87. The van der Waals surface area contributed by atoms with E-state index in [1.807, 2.05) is 52.8 Å². The third-order valence-electron chi connectivity index (χ3n) is 3.63. The summed E-state index contributed by atoms with van der Waals surface area (Å²) in [4.78, 5) is 16.4. The molecule has 0 bridgehead atoms. The van der Waals surface area contributed by atoms with Gasteiger partial charge in [0.25, 0.3) is 5.91 Å². The maximum absolute atomic E-state index is 12.3. The fourth-order valence-electron chi connectivity index (χ4n) is 2.12. The van der Waals surface area contributed by atoms with E-state index < -0.39 is 0 Å². The fraction of sp³-hybridized carbons (Fsp3) is 0.400. The minimum atomic E-state index is -0.196. The zero-order valence-corrected chi connectivity index (χ0v) is 15.6. The average Bonchev–Trinajstić information content (AvgIpc) is 2.55. The Hall–Kier alpha value is -2.40. The first-order valence-electron chi connectivity index (χ1n) is 8.36. The molecule has 0 spiro atoms. The quantitative estimate of drug-likeness (QED) is 0.801. The molecule has 0 aliphatic heterocycles. The Bertz CT molecular complexity index is 719. The van der Waals surface area contributed by atoms with Crippen molar-refractivity contribution in [2.45, 2.75) is 40.2 Å². The van der Waals surface area contributed by atoms with E-state index in [4.69, 9.17) is 9.47 Å². The molecular formula is C20H26N2O3. The summed E-state index contributed by atoms with van der Waals surface area (Å²) >= 11 is 0. The van der Waals surface area contributed by atoms with Crippen molar-refractivity contribution in [2.24, 2.45) is 0 Å². The zero-order chi connectivity index (χ0) is 18.4. The maximum atomic E-state index is 12.3. The average molecular weight is 342 g/mol. The second kappa shape index (κ2) is 8.12. The number of anilines is 1. The van der Waals surface area contributed by atoms with Gasteiger partial charge in [-0.15, -0.1) is 0 Å². The highest BCUT2D eigenvalue weighted by Gasteiger charge is 2.10. The van der Waals surface area contributed by atoms with Crippen LogP contribution >= 0.6 is 0 Å². The summed E-state index contributed by atoms with van der Waals surface area (Å²) in [5.41, 5.74) is 3.39. The molecule has 1 amide bonds. The molecule has 1 heterocycles. The highest BCUT2D eigenvalue weighted by Crippen LogP contribution is 2.16. The molecule has 2 aromatic rings. The van der Waals surface area contributed by atoms with Gasteiger partial charge in [-0.25, -0.2) is 4.98 Å². The molecule has 2 rings (SSSR count). The van der Waals surface area contributed by atoms with E-state index in [0.29, 0.717) is 24.7 Å². The minimum Gasteiger partial charge on any atom is -0.475 e. The van der Waals surface area contributed by atoms with Crippen molar-refractivity contribution < 1.29 is 14.3 Å². The van der Waals surface area contributed by atoms with Crippen LogP contribution in [0.2, 0.25) is 0 Å². The van der Waals surface area contributed by atoms with Gasteiger partial charge in [0.15, 0.2) is 0 Å². The number of pyridine rings is 1. The van der Waals surface area contributed by atoms with E-state index in [1.165, 1.54) is 11.8 Å². The van der Waals surface area contributed by atoms with Gasteiger partial charge in [0, 0.05) is 18.0 Å². The van der Waals surface area contributed by atoms with Crippen LogP contribution in [0.15, 0.2) is 36.5 Å². The lowest BCUT2D eigenvalue weighted by molar-refractivity contribution is -0.0168. The molecule has 1 aromatic carbocycles. The van der Waals surface area contributed by atoms with Crippen LogP contribution in [0.3, 0.4) is 0 Å². The van der Waals surface area contributed by atoms with Crippen molar-refractivity contribution in [3.8, 4) is 5.88 Å². The van der Waals surface area contributed by atoms with Crippen LogP contribution in [0.5, 0.6) is 5.88 Å². The predicted octanol–water partition coefficient (Wildman–Crippen LogP) is 4.14. The number of carbonyl (C=O) groups excluding carboxylic acids is 1. The Morgan fingerprint density at radius 2 is 1.84 bits per heavy atom. The summed E-state index contributed by atoms with van der Waals surface area (Å²) in [6.45, 7) is 10.9. The third kappa shape index (κ3) is 6.19. The number of ether oxygens (including phenoxy) is 2. The topological polar surface area (TPSA) is 60.5 Å². The van der Waals surface area contributed by atoms with Crippen LogP contribution in [0.25, 0.3) is 0 Å². The van der Waals surface area contributed by atoms with Gasteiger partial charge in [-0.1, -0.05) is 6.07 Å². The lowest BCUT2D eigenvalue weighted by Gasteiger charge is -2.19. The maximum Gasteiger partial charge on any atom is 0.257 e. The van der Waals surface area contributed by atoms with E-state index in [9.17, 15) is 4.79 Å². The zero-order valence-electron chi connectivity index (χ0n) is 15.6. The fourth-order valence-corrected chi connectivity index (χ4v) is 2.12. The summed E-state index contributed by atoms with van der Waals surface area (Å²) in [7, 11) is 0. The molecule has 5 nitrogen and oxygen atoms in total. The van der Waals surface area contributed by atoms with Crippen molar-refractivity contribution in [3.05, 3.63) is 53.2 Å². The van der Waals surface area contributed by atoms with E-state index in [-0.39, 0.29) is 11.5 Å². The summed E-state index contributed by atoms with van der Waals surface area (Å²) in [5.74, 6) is 0.276. The van der Waals surface area contributed by atoms with Crippen LogP contribution in [0.1, 0.15) is 42.3 Å². The number of rotatable bonds is 6. The molecule has 5 heteroatoms. The molecule has 1 aromatic heterocycles. The number of amides is 1. The first-order valence-corrected chi connectivity index (χ1v) is 8.36. The van der Waals surface area contributed by atoms with E-state index in [1.54, 1.807) is 12.1 Å². The Balaban J connectivity index is 1.88. The molecule has 0 saturated heterocycles. The number of hydrogen-bond acceptors (Lipinski definition) is 4. The molecule has 0 aliphatic carbocycles. The Labute approximate surface area is 149 Å². The lowest BCUT2D eigenvalue weighted by atomic mass is 10.1. The Morgan fingerprint density at radius 3 is 2.44 bits per heavy atom. The molecule has 134 valence electrons. The SMILES string of the molecule is Cc1ccc(NC(=O)c2ccc(OCCOC(C)(C)C)nc2)cc1C. The smallest absolute Gasteiger partial charge is 0.257 e. The largest absolute Gasteiger partial charge is 0.475 e. The van der Waals surface area contributed by atoms with Gasteiger partial charge < -0.3 is 14.8 Å². The summed E-state index contributed by atoms with van der Waals surface area (Å²) in [6, 6.07) is 9.21. The number of benzene rings is 1. The highest BCUT2D eigenvalue weighted by molar-refractivity contribution is 6.04. The molecule has 0 unspecified atom stereocenters. The Kier molecular flexibility index (Phi) is 6.15. The summed E-state index contributed by atoms with van der Waals surface area (Å²) < 4.78 is 11.1. The number of hydrogen-bond donors (Lipinski definition) is 1. The monoisotopic (exact) mass is 342 g/mol. The van der Waals surface area contributed by atoms with E-state index in [0.717, 1.165) is 11.3 Å². The molecular weight excluding hydrogens is 316 g/mol. The van der Waals surface area contributed by atoms with Crippen LogP contribution in [-0.2, 0) is 4.74 Å². The standard InChI is InChI=1S/C20H26N2O3/c1-14-6-8-17(12-15(14)2)22-19(23)16-7-9-18(21-13-16)24-10-11-25-20(3,4)5/h6-9,12-13H,10-11H2,1-5H3,(H,22,23). The van der Waals surface area contributed by atoms with Crippen LogP contribution in [0.4, 0.5) is 5.69 Å². The molecule has 0 saturated carbocycles. The first kappa shape index (κ1) is 18.9. The second-order valence-corrected chi connectivity index (χ2v) is 6.95. The Morgan fingerprint density at radius 1 is 1.08 bits per heavy atom. The van der Waals surface area contributed by atoms with Crippen LogP contribution < -0.4 is 10.1 Å². The molecule has 25 heavy (non-hydrogen) atoms. The van der Waals surface area contributed by atoms with Gasteiger partial charge in [-0.3, -0.25) is 4.79 Å². The van der Waals surface area contributed by atoms with Gasteiger partial charge in [-0.05, 0) is 63.9 Å². The van der Waals surface area contributed by atoms with E-state index >= 15 is 0 Å². The number of nitrogens with one attached hydrogen (secondary N) is 1. The minimum absolute atomic E-state index is 0.187. The van der Waals surface area contributed by atoms with Gasteiger partial charge in [0.1, 0.15) is 6.61 Å². The number of nitrogens with zero attached hydrogens (tertiary/aromatic N) is 1. The van der Waals surface area contributed by atoms with Crippen molar-refractivity contribution >= 4 is 11.6 Å². The number of carbonyl (C=O) groups is 1. The van der Waals surface area contributed by atoms with Crippen molar-refractivity contribution in [1.82, 2.24) is 4.98 Å². The van der Waals surface area contributed by atoms with Crippen LogP contribution in [0, 0.1) is 13.8 Å². The lowest BCUT2D eigenvalue weighted by Crippen LogP contribution is -2.22. The van der Waals surface area contributed by atoms with Crippen molar-refractivity contribution in [3.63, 3.8) is 0 Å². The second-order valence-electron chi connectivity index (χ2n) is 6.95.